The van der Waals surface area contributed by atoms with Gasteiger partial charge in [0.15, 0.2) is 9.84 Å². The van der Waals surface area contributed by atoms with Crippen molar-refractivity contribution in [1.29, 1.82) is 0 Å². The Labute approximate surface area is 146 Å². The van der Waals surface area contributed by atoms with E-state index < -0.39 is 9.84 Å². The summed E-state index contributed by atoms with van der Waals surface area (Å²) in [5, 5.41) is 0. The third-order valence-electron chi connectivity index (χ3n) is 6.20. The van der Waals surface area contributed by atoms with Gasteiger partial charge in [0.1, 0.15) is 0 Å². The molecular weight excluding hydrogens is 326 g/mol. The van der Waals surface area contributed by atoms with Crippen LogP contribution < -0.4 is 0 Å². The monoisotopic (exact) mass is 357 g/mol. The fourth-order valence-corrected chi connectivity index (χ4v) is 6.25. The minimum absolute atomic E-state index is 0.0615. The van der Waals surface area contributed by atoms with E-state index in [1.54, 1.807) is 11.9 Å². The Morgan fingerprint density at radius 2 is 1.71 bits per heavy atom. The SMILES string of the molecule is CC(C(=O)N(C)C1CCS(=O)(=O)C1)N1CCN(C2CCCC2)CC1. The predicted octanol–water partition coefficient (Wildman–Crippen LogP) is 0.581. The van der Waals surface area contributed by atoms with Crippen LogP contribution in [0.3, 0.4) is 0 Å². The Morgan fingerprint density at radius 3 is 2.25 bits per heavy atom. The summed E-state index contributed by atoms with van der Waals surface area (Å²) < 4.78 is 23.3. The van der Waals surface area contributed by atoms with Crippen LogP contribution in [0.5, 0.6) is 0 Å². The summed E-state index contributed by atoms with van der Waals surface area (Å²) in [4.78, 5) is 19.3. The number of sulfone groups is 1. The molecule has 0 N–H and O–H groups in total. The maximum atomic E-state index is 12.8. The normalized spacial score (nSPS) is 30.5. The summed E-state index contributed by atoms with van der Waals surface area (Å²) in [6.07, 6.45) is 5.94. The van der Waals surface area contributed by atoms with E-state index in [-0.39, 0.29) is 29.5 Å². The van der Waals surface area contributed by atoms with Gasteiger partial charge in [-0.2, -0.15) is 0 Å². The maximum absolute atomic E-state index is 12.8. The minimum Gasteiger partial charge on any atom is -0.340 e. The summed E-state index contributed by atoms with van der Waals surface area (Å²) in [7, 11) is -1.19. The minimum atomic E-state index is -2.96. The van der Waals surface area contributed by atoms with Crippen LogP contribution in [-0.4, -0.2) is 91.9 Å². The van der Waals surface area contributed by atoms with E-state index in [9.17, 15) is 13.2 Å². The molecule has 0 aromatic heterocycles. The first-order chi connectivity index (χ1) is 11.4. The van der Waals surface area contributed by atoms with Crippen LogP contribution in [0, 0.1) is 0 Å². The number of rotatable bonds is 4. The number of carbonyl (C=O) groups is 1. The summed E-state index contributed by atoms with van der Waals surface area (Å²) in [6, 6.07) is 0.443. The topological polar surface area (TPSA) is 60.9 Å². The molecular formula is C17H31N3O3S. The van der Waals surface area contributed by atoms with Gasteiger partial charge in [-0.3, -0.25) is 14.6 Å². The highest BCUT2D eigenvalue weighted by Gasteiger charge is 2.36. The lowest BCUT2D eigenvalue weighted by Gasteiger charge is -2.41. The summed E-state index contributed by atoms with van der Waals surface area (Å²) >= 11 is 0. The van der Waals surface area contributed by atoms with Gasteiger partial charge in [0.2, 0.25) is 5.91 Å². The van der Waals surface area contributed by atoms with Crippen LogP contribution in [0.4, 0.5) is 0 Å². The number of piperazine rings is 1. The summed E-state index contributed by atoms with van der Waals surface area (Å²) in [5.41, 5.74) is 0. The van der Waals surface area contributed by atoms with Crippen LogP contribution >= 0.6 is 0 Å². The maximum Gasteiger partial charge on any atom is 0.239 e. The molecule has 0 aromatic rings. The second kappa shape index (κ2) is 7.30. The smallest absolute Gasteiger partial charge is 0.239 e. The van der Waals surface area contributed by atoms with Crippen molar-refractivity contribution in [3.63, 3.8) is 0 Å². The zero-order chi connectivity index (χ0) is 17.3. The van der Waals surface area contributed by atoms with E-state index in [4.69, 9.17) is 0 Å². The molecule has 1 aliphatic carbocycles. The molecule has 0 aromatic carbocycles. The van der Waals surface area contributed by atoms with Crippen molar-refractivity contribution in [2.45, 2.75) is 57.2 Å². The molecule has 1 amide bonds. The standard InChI is InChI=1S/C17H31N3O3S/c1-14(17(21)18(2)16-7-12-24(22,23)13-16)19-8-10-20(11-9-19)15-5-3-4-6-15/h14-16H,3-13H2,1-2H3. The first-order valence-corrected chi connectivity index (χ1v) is 11.1. The summed E-state index contributed by atoms with van der Waals surface area (Å²) in [6.45, 7) is 5.92. The highest BCUT2D eigenvalue weighted by molar-refractivity contribution is 7.91. The van der Waals surface area contributed by atoms with Gasteiger partial charge in [0, 0.05) is 45.3 Å². The molecule has 2 unspecified atom stereocenters. The average molecular weight is 358 g/mol. The Kier molecular flexibility index (Phi) is 5.52. The van der Waals surface area contributed by atoms with Gasteiger partial charge in [-0.05, 0) is 26.2 Å². The molecule has 2 aliphatic heterocycles. The van der Waals surface area contributed by atoms with Crippen molar-refractivity contribution in [3.8, 4) is 0 Å². The molecule has 3 fully saturated rings. The zero-order valence-corrected chi connectivity index (χ0v) is 15.8. The van der Waals surface area contributed by atoms with E-state index in [0.29, 0.717) is 6.42 Å². The number of hydrogen-bond donors (Lipinski definition) is 0. The van der Waals surface area contributed by atoms with E-state index >= 15 is 0 Å². The second-order valence-electron chi connectivity index (χ2n) is 7.69. The van der Waals surface area contributed by atoms with E-state index in [2.05, 4.69) is 9.80 Å². The third-order valence-corrected chi connectivity index (χ3v) is 7.95. The molecule has 0 spiro atoms. The second-order valence-corrected chi connectivity index (χ2v) is 9.92. The van der Waals surface area contributed by atoms with E-state index in [1.807, 2.05) is 6.92 Å². The van der Waals surface area contributed by atoms with Crippen molar-refractivity contribution in [3.05, 3.63) is 0 Å². The predicted molar refractivity (Wildman–Crippen MR) is 94.7 cm³/mol. The molecule has 0 radical (unpaired) electrons. The number of likely N-dealkylation sites (N-methyl/N-ethyl adjacent to an activating group) is 1. The molecule has 138 valence electrons. The molecule has 2 heterocycles. The first-order valence-electron chi connectivity index (χ1n) is 9.32. The lowest BCUT2D eigenvalue weighted by Crippen LogP contribution is -2.56. The van der Waals surface area contributed by atoms with Crippen molar-refractivity contribution < 1.29 is 13.2 Å². The van der Waals surface area contributed by atoms with Gasteiger partial charge in [-0.15, -0.1) is 0 Å². The number of carbonyl (C=O) groups excluding carboxylic acids is 1. The molecule has 3 rings (SSSR count). The number of hydrogen-bond acceptors (Lipinski definition) is 5. The molecule has 3 aliphatic rings. The van der Waals surface area contributed by atoms with Gasteiger partial charge in [-0.1, -0.05) is 12.8 Å². The van der Waals surface area contributed by atoms with Gasteiger partial charge >= 0.3 is 0 Å². The van der Waals surface area contributed by atoms with Gasteiger partial charge in [-0.25, -0.2) is 8.42 Å². The molecule has 2 saturated heterocycles. The van der Waals surface area contributed by atoms with Gasteiger partial charge in [0.05, 0.1) is 17.5 Å². The Balaban J connectivity index is 1.51. The lowest BCUT2D eigenvalue weighted by atomic mass is 10.1. The zero-order valence-electron chi connectivity index (χ0n) is 15.0. The Bertz CT molecular complexity index is 551. The van der Waals surface area contributed by atoms with Crippen molar-refractivity contribution >= 4 is 15.7 Å². The van der Waals surface area contributed by atoms with Gasteiger partial charge < -0.3 is 4.90 Å². The number of nitrogens with zero attached hydrogens (tertiary/aromatic N) is 3. The molecule has 24 heavy (non-hydrogen) atoms. The molecule has 2 atom stereocenters. The average Bonchev–Trinajstić information content (AvgIpc) is 3.22. The Morgan fingerprint density at radius 1 is 1.08 bits per heavy atom. The first kappa shape index (κ1) is 18.1. The highest BCUT2D eigenvalue weighted by atomic mass is 32.2. The molecule has 1 saturated carbocycles. The van der Waals surface area contributed by atoms with Gasteiger partial charge in [0.25, 0.3) is 0 Å². The van der Waals surface area contributed by atoms with Crippen molar-refractivity contribution in [2.75, 3.05) is 44.7 Å². The fourth-order valence-electron chi connectivity index (χ4n) is 4.47. The van der Waals surface area contributed by atoms with E-state index in [1.165, 1.54) is 25.7 Å². The number of amides is 1. The molecule has 0 bridgehead atoms. The quantitative estimate of drug-likeness (QED) is 0.737. The molecule has 7 heteroatoms. The third kappa shape index (κ3) is 3.94. The lowest BCUT2D eigenvalue weighted by molar-refractivity contribution is -0.137. The summed E-state index contributed by atoms with van der Waals surface area (Å²) in [5.74, 6) is 0.396. The van der Waals surface area contributed by atoms with Crippen LogP contribution in [0.1, 0.15) is 39.0 Å². The molecule has 6 nitrogen and oxygen atoms in total. The van der Waals surface area contributed by atoms with E-state index in [0.717, 1.165) is 32.2 Å². The highest BCUT2D eigenvalue weighted by Crippen LogP contribution is 2.25. The van der Waals surface area contributed by atoms with Crippen molar-refractivity contribution in [2.24, 2.45) is 0 Å². The van der Waals surface area contributed by atoms with Crippen LogP contribution in [-0.2, 0) is 14.6 Å². The van der Waals surface area contributed by atoms with Crippen molar-refractivity contribution in [1.82, 2.24) is 14.7 Å². The van der Waals surface area contributed by atoms with Crippen LogP contribution in [0.25, 0.3) is 0 Å². The largest absolute Gasteiger partial charge is 0.340 e. The fraction of sp³-hybridized carbons (Fsp3) is 0.941. The van der Waals surface area contributed by atoms with Crippen LogP contribution in [0.2, 0.25) is 0 Å². The Hall–Kier alpha value is -0.660. The van der Waals surface area contributed by atoms with Crippen LogP contribution in [0.15, 0.2) is 0 Å².